The Morgan fingerprint density at radius 3 is 2.90 bits per heavy atom. The molecule has 21 heavy (non-hydrogen) atoms. The lowest BCUT2D eigenvalue weighted by molar-refractivity contribution is 0.138. The standard InChI is InChI=1S/C19H30N2/c1-3-20-19-11-12-21(13-15(19)2)14-17-9-6-8-16-7-4-5-10-18(16)17/h4-5,7,10,15,17,19-20H,3,6,8-9,11-14H2,1-2H3. The highest BCUT2D eigenvalue weighted by Gasteiger charge is 2.28. The highest BCUT2D eigenvalue weighted by atomic mass is 15.1. The van der Waals surface area contributed by atoms with Crippen molar-refractivity contribution in [1.29, 1.82) is 0 Å². The van der Waals surface area contributed by atoms with E-state index in [9.17, 15) is 0 Å². The Labute approximate surface area is 129 Å². The molecule has 0 amide bonds. The van der Waals surface area contributed by atoms with E-state index in [0.29, 0.717) is 0 Å². The highest BCUT2D eigenvalue weighted by Crippen LogP contribution is 2.33. The quantitative estimate of drug-likeness (QED) is 0.912. The number of piperidine rings is 1. The number of fused-ring (bicyclic) bond motifs is 1. The van der Waals surface area contributed by atoms with Crippen molar-refractivity contribution in [1.82, 2.24) is 10.2 Å². The maximum atomic E-state index is 3.65. The number of nitrogens with zero attached hydrogens (tertiary/aromatic N) is 1. The minimum absolute atomic E-state index is 0.727. The number of likely N-dealkylation sites (tertiary alicyclic amines) is 1. The Morgan fingerprint density at radius 1 is 1.24 bits per heavy atom. The summed E-state index contributed by atoms with van der Waals surface area (Å²) in [6.07, 6.45) is 5.33. The lowest BCUT2D eigenvalue weighted by atomic mass is 9.82. The molecule has 1 aromatic rings. The SMILES string of the molecule is CCNC1CCN(CC2CCCc3ccccc32)CC1C. The normalized spacial score (nSPS) is 30.1. The van der Waals surface area contributed by atoms with Crippen molar-refractivity contribution < 1.29 is 0 Å². The van der Waals surface area contributed by atoms with Gasteiger partial charge in [0.2, 0.25) is 0 Å². The van der Waals surface area contributed by atoms with Crippen molar-refractivity contribution in [3.05, 3.63) is 35.4 Å². The van der Waals surface area contributed by atoms with Gasteiger partial charge in [0.15, 0.2) is 0 Å². The van der Waals surface area contributed by atoms with Gasteiger partial charge in [-0.05, 0) is 61.7 Å². The summed E-state index contributed by atoms with van der Waals surface area (Å²) in [6, 6.07) is 9.85. The average molecular weight is 286 g/mol. The fourth-order valence-electron chi connectivity index (χ4n) is 4.32. The van der Waals surface area contributed by atoms with Gasteiger partial charge in [0, 0.05) is 19.1 Å². The van der Waals surface area contributed by atoms with E-state index in [4.69, 9.17) is 0 Å². The van der Waals surface area contributed by atoms with Crippen LogP contribution in [0.15, 0.2) is 24.3 Å². The van der Waals surface area contributed by atoms with E-state index in [2.05, 4.69) is 48.3 Å². The molecule has 1 aromatic carbocycles. The molecule has 0 saturated carbocycles. The summed E-state index contributed by atoms with van der Waals surface area (Å²) in [6.45, 7) is 9.52. The molecular weight excluding hydrogens is 256 g/mol. The third-order valence-corrected chi connectivity index (χ3v) is 5.43. The molecule has 3 rings (SSSR count). The minimum atomic E-state index is 0.727. The first kappa shape index (κ1) is 15.1. The second-order valence-corrected chi connectivity index (χ2v) is 6.98. The molecule has 2 nitrogen and oxygen atoms in total. The van der Waals surface area contributed by atoms with Gasteiger partial charge in [-0.15, -0.1) is 0 Å². The maximum absolute atomic E-state index is 3.65. The zero-order chi connectivity index (χ0) is 14.7. The van der Waals surface area contributed by atoms with E-state index >= 15 is 0 Å². The predicted molar refractivity (Wildman–Crippen MR) is 89.8 cm³/mol. The Hall–Kier alpha value is -0.860. The summed E-state index contributed by atoms with van der Waals surface area (Å²) in [5.74, 6) is 1.54. The van der Waals surface area contributed by atoms with Gasteiger partial charge in [0.25, 0.3) is 0 Å². The summed E-state index contributed by atoms with van der Waals surface area (Å²) in [5.41, 5.74) is 3.23. The molecule has 3 unspecified atom stereocenters. The predicted octanol–water partition coefficient (Wildman–Crippen LogP) is 3.43. The van der Waals surface area contributed by atoms with Crippen LogP contribution in [0.3, 0.4) is 0 Å². The van der Waals surface area contributed by atoms with Crippen molar-refractivity contribution in [3.63, 3.8) is 0 Å². The Balaban J connectivity index is 1.61. The van der Waals surface area contributed by atoms with Crippen molar-refractivity contribution in [3.8, 4) is 0 Å². The number of rotatable bonds is 4. The van der Waals surface area contributed by atoms with E-state index in [1.165, 1.54) is 45.3 Å². The van der Waals surface area contributed by atoms with Crippen LogP contribution in [0.1, 0.15) is 50.2 Å². The first-order valence-corrected chi connectivity index (χ1v) is 8.81. The Bertz CT molecular complexity index is 457. The average Bonchev–Trinajstić information content (AvgIpc) is 2.51. The van der Waals surface area contributed by atoms with Crippen molar-refractivity contribution >= 4 is 0 Å². The lowest BCUT2D eigenvalue weighted by Crippen LogP contribution is -2.49. The fraction of sp³-hybridized carbons (Fsp3) is 0.684. The van der Waals surface area contributed by atoms with E-state index in [-0.39, 0.29) is 0 Å². The molecule has 3 atom stereocenters. The van der Waals surface area contributed by atoms with Gasteiger partial charge in [-0.1, -0.05) is 38.1 Å². The zero-order valence-electron chi connectivity index (χ0n) is 13.6. The van der Waals surface area contributed by atoms with Gasteiger partial charge in [0.1, 0.15) is 0 Å². The van der Waals surface area contributed by atoms with Crippen LogP contribution in [-0.4, -0.2) is 37.1 Å². The van der Waals surface area contributed by atoms with Crippen LogP contribution in [-0.2, 0) is 6.42 Å². The van der Waals surface area contributed by atoms with Crippen molar-refractivity contribution in [2.45, 2.75) is 51.5 Å². The van der Waals surface area contributed by atoms with E-state index in [1.54, 1.807) is 11.1 Å². The molecule has 2 heteroatoms. The molecular formula is C19H30N2. The molecule has 0 bridgehead atoms. The van der Waals surface area contributed by atoms with Crippen LogP contribution < -0.4 is 5.32 Å². The molecule has 0 aromatic heterocycles. The summed E-state index contributed by atoms with van der Waals surface area (Å²) >= 11 is 0. The monoisotopic (exact) mass is 286 g/mol. The zero-order valence-corrected chi connectivity index (χ0v) is 13.6. The molecule has 1 aliphatic heterocycles. The molecule has 1 aliphatic carbocycles. The molecule has 1 saturated heterocycles. The maximum Gasteiger partial charge on any atom is 0.0117 e. The van der Waals surface area contributed by atoms with E-state index in [0.717, 1.165) is 24.4 Å². The van der Waals surface area contributed by atoms with Gasteiger partial charge in [0.05, 0.1) is 0 Å². The molecule has 1 fully saturated rings. The molecule has 2 aliphatic rings. The first-order chi connectivity index (χ1) is 10.3. The minimum Gasteiger partial charge on any atom is -0.314 e. The van der Waals surface area contributed by atoms with Crippen LogP contribution in [0.5, 0.6) is 0 Å². The van der Waals surface area contributed by atoms with Gasteiger partial charge < -0.3 is 10.2 Å². The van der Waals surface area contributed by atoms with Crippen LogP contribution in [0.4, 0.5) is 0 Å². The van der Waals surface area contributed by atoms with Crippen LogP contribution in [0.25, 0.3) is 0 Å². The van der Waals surface area contributed by atoms with Gasteiger partial charge in [-0.2, -0.15) is 0 Å². The molecule has 0 radical (unpaired) electrons. The number of benzene rings is 1. The van der Waals surface area contributed by atoms with Gasteiger partial charge in [-0.3, -0.25) is 0 Å². The van der Waals surface area contributed by atoms with Crippen LogP contribution >= 0.6 is 0 Å². The first-order valence-electron chi connectivity index (χ1n) is 8.81. The molecule has 0 spiro atoms. The number of hydrogen-bond donors (Lipinski definition) is 1. The lowest BCUT2D eigenvalue weighted by Gasteiger charge is -2.39. The van der Waals surface area contributed by atoms with E-state index < -0.39 is 0 Å². The number of hydrogen-bond acceptors (Lipinski definition) is 2. The third-order valence-electron chi connectivity index (χ3n) is 5.43. The number of aryl methyl sites for hydroxylation is 1. The molecule has 1 N–H and O–H groups in total. The second-order valence-electron chi connectivity index (χ2n) is 6.98. The smallest absolute Gasteiger partial charge is 0.0117 e. The van der Waals surface area contributed by atoms with Crippen LogP contribution in [0, 0.1) is 5.92 Å². The summed E-state index contributed by atoms with van der Waals surface area (Å²) in [5, 5.41) is 3.65. The van der Waals surface area contributed by atoms with Gasteiger partial charge in [-0.25, -0.2) is 0 Å². The van der Waals surface area contributed by atoms with E-state index in [1.807, 2.05) is 0 Å². The highest BCUT2D eigenvalue weighted by molar-refractivity contribution is 5.32. The summed E-state index contributed by atoms with van der Waals surface area (Å²) < 4.78 is 0. The van der Waals surface area contributed by atoms with Gasteiger partial charge >= 0.3 is 0 Å². The van der Waals surface area contributed by atoms with Crippen LogP contribution in [0.2, 0.25) is 0 Å². The summed E-state index contributed by atoms with van der Waals surface area (Å²) in [7, 11) is 0. The Kier molecular flexibility index (Phi) is 4.97. The second kappa shape index (κ2) is 6.93. The molecule has 1 heterocycles. The third kappa shape index (κ3) is 3.49. The fourth-order valence-corrected chi connectivity index (χ4v) is 4.32. The number of nitrogens with one attached hydrogen (secondary N) is 1. The topological polar surface area (TPSA) is 15.3 Å². The van der Waals surface area contributed by atoms with Crippen molar-refractivity contribution in [2.75, 3.05) is 26.2 Å². The largest absolute Gasteiger partial charge is 0.314 e. The van der Waals surface area contributed by atoms with Crippen molar-refractivity contribution in [2.24, 2.45) is 5.92 Å². The molecule has 116 valence electrons. The Morgan fingerprint density at radius 2 is 2.10 bits per heavy atom. The summed E-state index contributed by atoms with van der Waals surface area (Å²) in [4.78, 5) is 2.71.